The summed E-state index contributed by atoms with van der Waals surface area (Å²) in [4.78, 5) is 0.297. The highest BCUT2D eigenvalue weighted by Crippen LogP contribution is 2.17. The molecule has 18 heavy (non-hydrogen) atoms. The molecule has 0 unspecified atom stereocenters. The number of hydrogen-bond donors (Lipinski definition) is 2. The lowest BCUT2D eigenvalue weighted by molar-refractivity contribution is 0.443. The van der Waals surface area contributed by atoms with Crippen LogP contribution in [0.3, 0.4) is 0 Å². The summed E-state index contributed by atoms with van der Waals surface area (Å²) in [6.07, 6.45) is 0. The van der Waals surface area contributed by atoms with Gasteiger partial charge in [0.1, 0.15) is 0 Å². The van der Waals surface area contributed by atoms with Crippen molar-refractivity contribution in [3.05, 3.63) is 24.3 Å². The number of anilines is 1. The maximum atomic E-state index is 11.7. The van der Waals surface area contributed by atoms with Gasteiger partial charge in [0.25, 0.3) is 0 Å². The highest BCUT2D eigenvalue weighted by Gasteiger charge is 2.13. The van der Waals surface area contributed by atoms with Gasteiger partial charge in [0.05, 0.1) is 4.90 Å². The van der Waals surface area contributed by atoms with E-state index in [1.54, 1.807) is 31.2 Å². The zero-order chi connectivity index (χ0) is 13.8. The molecule has 1 aromatic rings. The van der Waals surface area contributed by atoms with Gasteiger partial charge in [-0.25, -0.2) is 13.1 Å². The van der Waals surface area contributed by atoms with Gasteiger partial charge in [-0.05, 0) is 29.7 Å². The fourth-order valence-corrected chi connectivity index (χ4v) is 2.43. The molecule has 0 aliphatic carbocycles. The fraction of sp³-hybridized carbons (Fsp3) is 0.538. The Bertz CT molecular complexity index is 473. The second kappa shape index (κ2) is 5.71. The van der Waals surface area contributed by atoms with Crippen LogP contribution in [0, 0.1) is 5.41 Å². The number of hydrogen-bond acceptors (Lipinski definition) is 3. The van der Waals surface area contributed by atoms with Gasteiger partial charge in [0.15, 0.2) is 0 Å². The Labute approximate surface area is 110 Å². The highest BCUT2D eigenvalue weighted by molar-refractivity contribution is 7.89. The second-order valence-electron chi connectivity index (χ2n) is 5.44. The molecule has 0 fully saturated rings. The van der Waals surface area contributed by atoms with Crippen molar-refractivity contribution in [2.45, 2.75) is 32.6 Å². The molecular weight excluding hydrogens is 248 g/mol. The first-order valence-corrected chi connectivity index (χ1v) is 7.56. The standard InChI is InChI=1S/C13H22N2O2S/c1-5-15-18(16,17)12-8-6-11(7-9-12)14-10-13(2,3)4/h6-9,14-15H,5,10H2,1-4H3. The van der Waals surface area contributed by atoms with Gasteiger partial charge in [-0.1, -0.05) is 27.7 Å². The van der Waals surface area contributed by atoms with Crippen molar-refractivity contribution in [1.29, 1.82) is 0 Å². The molecule has 1 rings (SSSR count). The van der Waals surface area contributed by atoms with Crippen molar-refractivity contribution in [3.8, 4) is 0 Å². The summed E-state index contributed by atoms with van der Waals surface area (Å²) in [5.74, 6) is 0. The first kappa shape index (κ1) is 15.0. The Kier molecular flexibility index (Phi) is 4.76. The maximum Gasteiger partial charge on any atom is 0.240 e. The zero-order valence-corrected chi connectivity index (χ0v) is 12.3. The molecule has 102 valence electrons. The van der Waals surface area contributed by atoms with Crippen LogP contribution in [0.4, 0.5) is 5.69 Å². The molecule has 0 amide bonds. The van der Waals surface area contributed by atoms with E-state index < -0.39 is 10.0 Å². The molecule has 1 aromatic carbocycles. The van der Waals surface area contributed by atoms with E-state index in [2.05, 4.69) is 30.8 Å². The largest absolute Gasteiger partial charge is 0.385 e. The smallest absolute Gasteiger partial charge is 0.240 e. The summed E-state index contributed by atoms with van der Waals surface area (Å²) in [7, 11) is -3.35. The van der Waals surface area contributed by atoms with Crippen molar-refractivity contribution in [2.24, 2.45) is 5.41 Å². The van der Waals surface area contributed by atoms with Gasteiger partial charge >= 0.3 is 0 Å². The lowest BCUT2D eigenvalue weighted by atomic mass is 9.97. The highest BCUT2D eigenvalue weighted by atomic mass is 32.2. The topological polar surface area (TPSA) is 58.2 Å². The monoisotopic (exact) mass is 270 g/mol. The lowest BCUT2D eigenvalue weighted by Crippen LogP contribution is -2.23. The molecule has 4 nitrogen and oxygen atoms in total. The predicted molar refractivity (Wildman–Crippen MR) is 75.2 cm³/mol. The third-order valence-corrected chi connectivity index (χ3v) is 3.88. The molecular formula is C13H22N2O2S. The van der Waals surface area contributed by atoms with Crippen LogP contribution in [0.5, 0.6) is 0 Å². The third-order valence-electron chi connectivity index (χ3n) is 2.32. The van der Waals surface area contributed by atoms with Gasteiger partial charge in [0, 0.05) is 18.8 Å². The SMILES string of the molecule is CCNS(=O)(=O)c1ccc(NCC(C)(C)C)cc1. The first-order valence-electron chi connectivity index (χ1n) is 6.08. The molecule has 2 N–H and O–H groups in total. The number of benzene rings is 1. The van der Waals surface area contributed by atoms with E-state index >= 15 is 0 Å². The Balaban J connectivity index is 2.75. The summed E-state index contributed by atoms with van der Waals surface area (Å²) in [5, 5.41) is 3.28. The van der Waals surface area contributed by atoms with E-state index in [0.29, 0.717) is 11.4 Å². The average Bonchev–Trinajstić information content (AvgIpc) is 2.26. The molecule has 0 spiro atoms. The summed E-state index contributed by atoms with van der Waals surface area (Å²) in [6.45, 7) is 9.42. The van der Waals surface area contributed by atoms with E-state index in [1.807, 2.05) is 0 Å². The minimum absolute atomic E-state index is 0.189. The second-order valence-corrected chi connectivity index (χ2v) is 7.21. The molecule has 0 bridgehead atoms. The molecule has 0 aliphatic rings. The van der Waals surface area contributed by atoms with Crippen LogP contribution in [0.25, 0.3) is 0 Å². The van der Waals surface area contributed by atoms with Crippen molar-refractivity contribution < 1.29 is 8.42 Å². The number of sulfonamides is 1. The van der Waals surface area contributed by atoms with Gasteiger partial charge in [-0.3, -0.25) is 0 Å². The summed E-state index contributed by atoms with van der Waals surface area (Å²) < 4.78 is 25.9. The third kappa shape index (κ3) is 4.66. The van der Waals surface area contributed by atoms with Crippen LogP contribution in [0.2, 0.25) is 0 Å². The van der Waals surface area contributed by atoms with Gasteiger partial charge in [-0.2, -0.15) is 0 Å². The van der Waals surface area contributed by atoms with Crippen molar-refractivity contribution in [3.63, 3.8) is 0 Å². The van der Waals surface area contributed by atoms with Crippen LogP contribution < -0.4 is 10.0 Å². The van der Waals surface area contributed by atoms with Crippen LogP contribution in [0.1, 0.15) is 27.7 Å². The summed E-state index contributed by atoms with van der Waals surface area (Å²) >= 11 is 0. The van der Waals surface area contributed by atoms with E-state index in [9.17, 15) is 8.42 Å². The van der Waals surface area contributed by atoms with Crippen molar-refractivity contribution in [2.75, 3.05) is 18.4 Å². The molecule has 0 aliphatic heterocycles. The number of nitrogens with one attached hydrogen (secondary N) is 2. The minimum atomic E-state index is -3.35. The molecule has 0 heterocycles. The average molecular weight is 270 g/mol. The lowest BCUT2D eigenvalue weighted by Gasteiger charge is -2.19. The normalized spacial score (nSPS) is 12.4. The van der Waals surface area contributed by atoms with Crippen LogP contribution in [0.15, 0.2) is 29.2 Å². The van der Waals surface area contributed by atoms with E-state index in [0.717, 1.165) is 12.2 Å². The first-order chi connectivity index (χ1) is 8.24. The summed E-state index contributed by atoms with van der Waals surface area (Å²) in [5.41, 5.74) is 1.12. The van der Waals surface area contributed by atoms with Gasteiger partial charge in [0.2, 0.25) is 10.0 Å². The van der Waals surface area contributed by atoms with Crippen LogP contribution in [-0.4, -0.2) is 21.5 Å². The molecule has 0 radical (unpaired) electrons. The van der Waals surface area contributed by atoms with Crippen molar-refractivity contribution in [1.82, 2.24) is 4.72 Å². The molecule has 0 aromatic heterocycles. The zero-order valence-electron chi connectivity index (χ0n) is 11.4. The van der Waals surface area contributed by atoms with Gasteiger partial charge in [-0.15, -0.1) is 0 Å². The number of rotatable bonds is 5. The van der Waals surface area contributed by atoms with Crippen molar-refractivity contribution >= 4 is 15.7 Å². The Morgan fingerprint density at radius 3 is 2.11 bits per heavy atom. The van der Waals surface area contributed by atoms with Crippen LogP contribution >= 0.6 is 0 Å². The Morgan fingerprint density at radius 2 is 1.67 bits per heavy atom. The minimum Gasteiger partial charge on any atom is -0.385 e. The maximum absolute atomic E-state index is 11.7. The van der Waals surface area contributed by atoms with Gasteiger partial charge < -0.3 is 5.32 Å². The van der Waals surface area contributed by atoms with Crippen LogP contribution in [-0.2, 0) is 10.0 Å². The molecule has 0 atom stereocenters. The molecule has 5 heteroatoms. The van der Waals surface area contributed by atoms with E-state index in [-0.39, 0.29) is 5.41 Å². The van der Waals surface area contributed by atoms with E-state index in [1.165, 1.54) is 0 Å². The molecule has 0 saturated carbocycles. The van der Waals surface area contributed by atoms with E-state index in [4.69, 9.17) is 0 Å². The quantitative estimate of drug-likeness (QED) is 0.864. The summed E-state index contributed by atoms with van der Waals surface area (Å²) in [6, 6.07) is 6.80. The Morgan fingerprint density at radius 1 is 1.11 bits per heavy atom. The fourth-order valence-electron chi connectivity index (χ4n) is 1.39. The molecule has 0 saturated heterocycles. The Hall–Kier alpha value is -1.07. The predicted octanol–water partition coefficient (Wildman–Crippen LogP) is 2.44.